The van der Waals surface area contributed by atoms with E-state index in [1.165, 1.54) is 0 Å². The van der Waals surface area contributed by atoms with E-state index in [1.54, 1.807) is 12.4 Å². The molecule has 0 spiro atoms. The fourth-order valence-corrected chi connectivity index (χ4v) is 3.02. The summed E-state index contributed by atoms with van der Waals surface area (Å²) in [6.07, 6.45) is 6.18. The number of likely N-dealkylation sites (tertiary alicyclic amines) is 1. The Bertz CT molecular complexity index is 687. The Morgan fingerprint density at radius 1 is 1.42 bits per heavy atom. The largest absolute Gasteiger partial charge is 0.338 e. The Balaban J connectivity index is 1.75. The van der Waals surface area contributed by atoms with Crippen molar-refractivity contribution in [3.63, 3.8) is 0 Å². The number of rotatable bonds is 4. The predicted molar refractivity (Wildman–Crippen MR) is 89.4 cm³/mol. The van der Waals surface area contributed by atoms with Gasteiger partial charge in [0.15, 0.2) is 5.82 Å². The summed E-state index contributed by atoms with van der Waals surface area (Å²) >= 11 is 0. The van der Waals surface area contributed by atoms with Gasteiger partial charge in [-0.15, -0.1) is 0 Å². The lowest BCUT2D eigenvalue weighted by atomic mass is 9.81. The lowest BCUT2D eigenvalue weighted by Gasteiger charge is -2.38. The molecule has 1 aliphatic heterocycles. The standard InChI is InChI=1S/C17H23N5O2/c1-3-8-19-16(23)22-11-4-7-17(2,12-22)15-20-14(24-21-15)13-5-9-18-10-6-13/h5-6,9-10H,3-4,7-8,11-12H2,1-2H3,(H,19,23). The summed E-state index contributed by atoms with van der Waals surface area (Å²) < 4.78 is 5.42. The Morgan fingerprint density at radius 2 is 2.21 bits per heavy atom. The Labute approximate surface area is 141 Å². The van der Waals surface area contributed by atoms with Crippen LogP contribution in [0, 0.1) is 0 Å². The minimum Gasteiger partial charge on any atom is -0.338 e. The van der Waals surface area contributed by atoms with Crippen molar-refractivity contribution in [1.82, 2.24) is 25.3 Å². The number of hydrogen-bond acceptors (Lipinski definition) is 5. The first-order chi connectivity index (χ1) is 11.6. The van der Waals surface area contributed by atoms with E-state index in [4.69, 9.17) is 4.52 Å². The predicted octanol–water partition coefficient (Wildman–Crippen LogP) is 2.60. The number of hydrogen-bond donors (Lipinski definition) is 1. The van der Waals surface area contributed by atoms with E-state index in [9.17, 15) is 4.79 Å². The van der Waals surface area contributed by atoms with Gasteiger partial charge < -0.3 is 14.7 Å². The average Bonchev–Trinajstić information content (AvgIpc) is 3.11. The van der Waals surface area contributed by atoms with E-state index >= 15 is 0 Å². The average molecular weight is 329 g/mol. The van der Waals surface area contributed by atoms with E-state index in [0.29, 0.717) is 24.8 Å². The maximum absolute atomic E-state index is 12.2. The molecule has 7 nitrogen and oxygen atoms in total. The first-order valence-electron chi connectivity index (χ1n) is 8.40. The van der Waals surface area contributed by atoms with Crippen molar-refractivity contribution in [3.05, 3.63) is 30.4 Å². The Kier molecular flexibility index (Phi) is 4.78. The van der Waals surface area contributed by atoms with Crippen molar-refractivity contribution in [2.45, 2.75) is 38.5 Å². The van der Waals surface area contributed by atoms with Crippen LogP contribution in [0.3, 0.4) is 0 Å². The normalized spacial score (nSPS) is 20.8. The Morgan fingerprint density at radius 3 is 2.96 bits per heavy atom. The molecule has 1 N–H and O–H groups in total. The molecule has 1 saturated heterocycles. The minimum atomic E-state index is -0.295. The Hall–Kier alpha value is -2.44. The number of nitrogens with one attached hydrogen (secondary N) is 1. The van der Waals surface area contributed by atoms with E-state index in [2.05, 4.69) is 27.4 Å². The molecule has 0 aliphatic carbocycles. The fraction of sp³-hybridized carbons (Fsp3) is 0.529. The van der Waals surface area contributed by atoms with Gasteiger partial charge in [0.05, 0.1) is 0 Å². The van der Waals surface area contributed by atoms with Gasteiger partial charge in [-0.3, -0.25) is 4.98 Å². The zero-order chi connectivity index (χ0) is 17.0. The summed E-state index contributed by atoms with van der Waals surface area (Å²) in [5, 5.41) is 7.12. The van der Waals surface area contributed by atoms with Crippen LogP contribution in [-0.4, -0.2) is 45.7 Å². The van der Waals surface area contributed by atoms with Crippen LogP contribution in [-0.2, 0) is 5.41 Å². The van der Waals surface area contributed by atoms with E-state index in [-0.39, 0.29) is 11.4 Å². The number of carbonyl (C=O) groups is 1. The van der Waals surface area contributed by atoms with Crippen molar-refractivity contribution < 1.29 is 9.32 Å². The van der Waals surface area contributed by atoms with Crippen LogP contribution in [0.5, 0.6) is 0 Å². The molecule has 128 valence electrons. The highest BCUT2D eigenvalue weighted by molar-refractivity contribution is 5.74. The van der Waals surface area contributed by atoms with Gasteiger partial charge in [0.25, 0.3) is 5.89 Å². The lowest BCUT2D eigenvalue weighted by Crippen LogP contribution is -2.51. The molecule has 0 saturated carbocycles. The van der Waals surface area contributed by atoms with Crippen LogP contribution in [0.25, 0.3) is 11.5 Å². The third-order valence-corrected chi connectivity index (χ3v) is 4.40. The molecule has 1 unspecified atom stereocenters. The van der Waals surface area contributed by atoms with Crippen LogP contribution in [0.1, 0.15) is 38.9 Å². The van der Waals surface area contributed by atoms with Crippen molar-refractivity contribution >= 4 is 6.03 Å². The van der Waals surface area contributed by atoms with Crippen molar-refractivity contribution in [3.8, 4) is 11.5 Å². The number of nitrogens with zero attached hydrogens (tertiary/aromatic N) is 4. The van der Waals surface area contributed by atoms with Gasteiger partial charge in [-0.2, -0.15) is 4.98 Å². The molecule has 2 amide bonds. The number of pyridine rings is 1. The van der Waals surface area contributed by atoms with Crippen molar-refractivity contribution in [1.29, 1.82) is 0 Å². The number of amides is 2. The van der Waals surface area contributed by atoms with Crippen LogP contribution in [0.4, 0.5) is 4.79 Å². The summed E-state index contributed by atoms with van der Waals surface area (Å²) in [4.78, 5) is 22.7. The van der Waals surface area contributed by atoms with Gasteiger partial charge in [-0.1, -0.05) is 19.0 Å². The molecule has 24 heavy (non-hydrogen) atoms. The second-order valence-corrected chi connectivity index (χ2v) is 6.48. The van der Waals surface area contributed by atoms with Gasteiger partial charge in [0, 0.05) is 43.0 Å². The molecule has 1 fully saturated rings. The number of piperidine rings is 1. The third-order valence-electron chi connectivity index (χ3n) is 4.40. The molecule has 7 heteroatoms. The van der Waals surface area contributed by atoms with E-state index in [1.807, 2.05) is 24.0 Å². The highest BCUT2D eigenvalue weighted by Crippen LogP contribution is 2.33. The summed E-state index contributed by atoms with van der Waals surface area (Å²) in [6, 6.07) is 3.66. The van der Waals surface area contributed by atoms with Gasteiger partial charge in [0.1, 0.15) is 0 Å². The summed E-state index contributed by atoms with van der Waals surface area (Å²) in [7, 11) is 0. The van der Waals surface area contributed by atoms with Crippen LogP contribution >= 0.6 is 0 Å². The summed E-state index contributed by atoms with van der Waals surface area (Å²) in [5.41, 5.74) is 0.553. The minimum absolute atomic E-state index is 0.0133. The monoisotopic (exact) mass is 329 g/mol. The van der Waals surface area contributed by atoms with Gasteiger partial charge >= 0.3 is 6.03 Å². The molecule has 0 bridgehead atoms. The molecule has 1 aliphatic rings. The maximum Gasteiger partial charge on any atom is 0.317 e. The molecule has 2 aromatic rings. The zero-order valence-electron chi connectivity index (χ0n) is 14.2. The topological polar surface area (TPSA) is 84.2 Å². The van der Waals surface area contributed by atoms with Gasteiger partial charge in [0.2, 0.25) is 0 Å². The van der Waals surface area contributed by atoms with Gasteiger partial charge in [-0.25, -0.2) is 4.79 Å². The third kappa shape index (κ3) is 3.39. The molecular formula is C17H23N5O2. The zero-order valence-corrected chi connectivity index (χ0v) is 14.2. The number of urea groups is 1. The van der Waals surface area contributed by atoms with Gasteiger partial charge in [-0.05, 0) is 31.4 Å². The quantitative estimate of drug-likeness (QED) is 0.932. The SMILES string of the molecule is CCCNC(=O)N1CCCC(C)(c2noc(-c3ccncc3)n2)C1. The molecule has 0 aromatic carbocycles. The van der Waals surface area contributed by atoms with Crippen LogP contribution in [0.2, 0.25) is 0 Å². The fourth-order valence-electron chi connectivity index (χ4n) is 3.02. The smallest absolute Gasteiger partial charge is 0.317 e. The molecule has 2 aromatic heterocycles. The second kappa shape index (κ2) is 6.98. The highest BCUT2D eigenvalue weighted by atomic mass is 16.5. The molecule has 0 radical (unpaired) electrons. The second-order valence-electron chi connectivity index (χ2n) is 6.48. The first kappa shape index (κ1) is 16.4. The maximum atomic E-state index is 12.2. The van der Waals surface area contributed by atoms with Crippen LogP contribution in [0.15, 0.2) is 29.0 Å². The van der Waals surface area contributed by atoms with E-state index in [0.717, 1.165) is 31.4 Å². The highest BCUT2D eigenvalue weighted by Gasteiger charge is 2.38. The van der Waals surface area contributed by atoms with Crippen molar-refractivity contribution in [2.75, 3.05) is 19.6 Å². The lowest BCUT2D eigenvalue weighted by molar-refractivity contribution is 0.151. The number of carbonyl (C=O) groups excluding carboxylic acids is 1. The molecule has 1 atom stereocenters. The first-order valence-corrected chi connectivity index (χ1v) is 8.40. The molecule has 3 heterocycles. The molecule has 3 rings (SSSR count). The van der Waals surface area contributed by atoms with Crippen molar-refractivity contribution in [2.24, 2.45) is 0 Å². The number of aromatic nitrogens is 3. The summed E-state index contributed by atoms with van der Waals surface area (Å²) in [6.45, 7) is 6.19. The summed E-state index contributed by atoms with van der Waals surface area (Å²) in [5.74, 6) is 1.14. The van der Waals surface area contributed by atoms with Crippen LogP contribution < -0.4 is 5.32 Å². The molecular weight excluding hydrogens is 306 g/mol. The van der Waals surface area contributed by atoms with E-state index < -0.39 is 0 Å².